The number of hydrazone groups is 1. The summed E-state index contributed by atoms with van der Waals surface area (Å²) in [4.78, 5) is 16.5. The molecule has 0 bridgehead atoms. The molecule has 0 spiro atoms. The lowest BCUT2D eigenvalue weighted by Gasteiger charge is -2.04. The quantitative estimate of drug-likeness (QED) is 0.235. The lowest BCUT2D eigenvalue weighted by Crippen LogP contribution is -2.18. The van der Waals surface area contributed by atoms with E-state index in [-0.39, 0.29) is 10.6 Å². The van der Waals surface area contributed by atoms with Crippen LogP contribution in [-0.2, 0) is 16.6 Å². The second kappa shape index (κ2) is 9.63. The number of rotatable bonds is 8. The molecular weight excluding hydrogens is 456 g/mol. The van der Waals surface area contributed by atoms with E-state index in [1.807, 2.05) is 36.4 Å². The Hall–Kier alpha value is -4.38. The van der Waals surface area contributed by atoms with E-state index in [1.54, 1.807) is 29.3 Å². The van der Waals surface area contributed by atoms with Gasteiger partial charge in [-0.3, -0.25) is 19.8 Å². The molecule has 2 heterocycles. The van der Waals surface area contributed by atoms with Gasteiger partial charge in [0, 0.05) is 41.3 Å². The Bertz CT molecular complexity index is 1450. The number of aryl methyl sites for hydroxylation is 1. The Morgan fingerprint density at radius 3 is 2.65 bits per heavy atom. The smallest absolute Gasteiger partial charge is 0.267 e. The summed E-state index contributed by atoms with van der Waals surface area (Å²) in [7, 11) is -4.11. The SMILES string of the molecule is Cc1ccc(S(=O)(=O)N/N=C/c2cn(Cc3ccccc3)nc2-c2cccnc2)cc1[N+](=O)[O-]. The molecule has 0 amide bonds. The zero-order valence-electron chi connectivity index (χ0n) is 18.1. The first kappa shape index (κ1) is 22.8. The molecule has 0 atom stereocenters. The molecule has 34 heavy (non-hydrogen) atoms. The van der Waals surface area contributed by atoms with Crippen LogP contribution in [0.3, 0.4) is 0 Å². The van der Waals surface area contributed by atoms with Crippen molar-refractivity contribution in [2.45, 2.75) is 18.4 Å². The standard InChI is InChI=1S/C23H20N6O4S/c1-17-9-10-21(12-22(17)29(30)31)34(32,33)27-25-14-20-16-28(15-18-6-3-2-4-7-18)26-23(20)19-8-5-11-24-13-19/h2-14,16,27H,15H2,1H3/b25-14+. The molecule has 4 rings (SSSR count). The molecule has 172 valence electrons. The van der Waals surface area contributed by atoms with Crippen LogP contribution in [0.15, 0.2) is 89.3 Å². The van der Waals surface area contributed by atoms with Gasteiger partial charge in [0.1, 0.15) is 5.69 Å². The number of pyridine rings is 1. The third-order valence-corrected chi connectivity index (χ3v) is 6.20. The number of hydrogen-bond donors (Lipinski definition) is 1. The van der Waals surface area contributed by atoms with Gasteiger partial charge in [-0.1, -0.05) is 36.4 Å². The van der Waals surface area contributed by atoms with Crippen molar-refractivity contribution >= 4 is 21.9 Å². The molecule has 1 N–H and O–H groups in total. The van der Waals surface area contributed by atoms with Gasteiger partial charge < -0.3 is 0 Å². The number of nitro groups is 1. The maximum absolute atomic E-state index is 12.6. The second-order valence-electron chi connectivity index (χ2n) is 7.42. The third kappa shape index (κ3) is 5.15. The molecule has 0 radical (unpaired) electrons. The predicted molar refractivity (Wildman–Crippen MR) is 127 cm³/mol. The average molecular weight is 477 g/mol. The highest BCUT2D eigenvalue weighted by molar-refractivity contribution is 7.89. The number of nitrogens with zero attached hydrogens (tertiary/aromatic N) is 5. The minimum absolute atomic E-state index is 0.255. The van der Waals surface area contributed by atoms with E-state index >= 15 is 0 Å². The largest absolute Gasteiger partial charge is 0.276 e. The van der Waals surface area contributed by atoms with Gasteiger partial charge in [-0.05, 0) is 30.7 Å². The molecule has 0 aliphatic rings. The summed E-state index contributed by atoms with van der Waals surface area (Å²) in [5.74, 6) is 0. The lowest BCUT2D eigenvalue weighted by molar-refractivity contribution is -0.385. The molecule has 0 aliphatic carbocycles. The van der Waals surface area contributed by atoms with Gasteiger partial charge in [0.15, 0.2) is 0 Å². The highest BCUT2D eigenvalue weighted by atomic mass is 32.2. The molecule has 2 aromatic carbocycles. The van der Waals surface area contributed by atoms with Gasteiger partial charge in [0.2, 0.25) is 0 Å². The minimum Gasteiger partial charge on any atom is -0.267 e. The number of nitrogens with one attached hydrogen (secondary N) is 1. The molecule has 0 fully saturated rings. The van der Waals surface area contributed by atoms with Gasteiger partial charge in [0.25, 0.3) is 15.7 Å². The lowest BCUT2D eigenvalue weighted by atomic mass is 10.1. The monoisotopic (exact) mass is 476 g/mol. The molecule has 0 aliphatic heterocycles. The predicted octanol–water partition coefficient (Wildman–Crippen LogP) is 3.52. The van der Waals surface area contributed by atoms with E-state index in [0.29, 0.717) is 23.4 Å². The van der Waals surface area contributed by atoms with Gasteiger partial charge in [0.05, 0.1) is 22.6 Å². The number of aromatic nitrogens is 3. The topological polar surface area (TPSA) is 132 Å². The number of benzene rings is 2. The fourth-order valence-corrected chi connectivity index (χ4v) is 4.09. The fraction of sp³-hybridized carbons (Fsp3) is 0.0870. The van der Waals surface area contributed by atoms with Crippen LogP contribution in [-0.4, -0.2) is 34.3 Å². The van der Waals surface area contributed by atoms with Crippen molar-refractivity contribution in [3.63, 3.8) is 0 Å². The minimum atomic E-state index is -4.11. The van der Waals surface area contributed by atoms with Crippen molar-refractivity contribution in [2.24, 2.45) is 5.10 Å². The second-order valence-corrected chi connectivity index (χ2v) is 9.08. The molecule has 0 saturated carbocycles. The van der Waals surface area contributed by atoms with Crippen LogP contribution in [0, 0.1) is 17.0 Å². The summed E-state index contributed by atoms with van der Waals surface area (Å²) in [6.07, 6.45) is 6.40. The van der Waals surface area contributed by atoms with Crippen LogP contribution in [0.25, 0.3) is 11.3 Å². The molecule has 10 nitrogen and oxygen atoms in total. The van der Waals surface area contributed by atoms with Crippen LogP contribution in [0.2, 0.25) is 0 Å². The highest BCUT2D eigenvalue weighted by Gasteiger charge is 2.19. The zero-order chi connectivity index (χ0) is 24.1. The van der Waals surface area contributed by atoms with Crippen molar-refractivity contribution < 1.29 is 13.3 Å². The average Bonchev–Trinajstić information content (AvgIpc) is 3.22. The Labute approximate surface area is 195 Å². The van der Waals surface area contributed by atoms with E-state index in [1.165, 1.54) is 25.3 Å². The van der Waals surface area contributed by atoms with E-state index < -0.39 is 14.9 Å². The number of hydrogen-bond acceptors (Lipinski definition) is 7. The van der Waals surface area contributed by atoms with Crippen LogP contribution in [0.4, 0.5) is 5.69 Å². The zero-order valence-corrected chi connectivity index (χ0v) is 18.9. The van der Waals surface area contributed by atoms with Crippen LogP contribution in [0.5, 0.6) is 0 Å². The maximum atomic E-state index is 12.6. The summed E-state index contributed by atoms with van der Waals surface area (Å²) < 4.78 is 27.0. The summed E-state index contributed by atoms with van der Waals surface area (Å²) >= 11 is 0. The molecule has 0 saturated heterocycles. The first-order valence-electron chi connectivity index (χ1n) is 10.2. The van der Waals surface area contributed by atoms with Gasteiger partial charge >= 0.3 is 0 Å². The van der Waals surface area contributed by atoms with Crippen molar-refractivity contribution in [3.8, 4) is 11.3 Å². The van der Waals surface area contributed by atoms with E-state index in [4.69, 9.17) is 0 Å². The summed E-state index contributed by atoms with van der Waals surface area (Å²) in [6.45, 7) is 2.05. The van der Waals surface area contributed by atoms with E-state index in [9.17, 15) is 18.5 Å². The van der Waals surface area contributed by atoms with E-state index in [0.717, 1.165) is 17.2 Å². The van der Waals surface area contributed by atoms with Crippen molar-refractivity contribution in [1.82, 2.24) is 19.6 Å². The van der Waals surface area contributed by atoms with Gasteiger partial charge in [-0.25, -0.2) is 4.83 Å². The Kier molecular flexibility index (Phi) is 6.46. The highest BCUT2D eigenvalue weighted by Crippen LogP contribution is 2.23. The van der Waals surface area contributed by atoms with Crippen molar-refractivity contribution in [1.29, 1.82) is 0 Å². The van der Waals surface area contributed by atoms with E-state index in [2.05, 4.69) is 20.0 Å². The van der Waals surface area contributed by atoms with Crippen LogP contribution in [0.1, 0.15) is 16.7 Å². The van der Waals surface area contributed by atoms with Crippen molar-refractivity contribution in [2.75, 3.05) is 0 Å². The molecular formula is C23H20N6O4S. The van der Waals surface area contributed by atoms with Crippen molar-refractivity contribution in [3.05, 3.63) is 106 Å². The summed E-state index contributed by atoms with van der Waals surface area (Å²) in [5.41, 5.74) is 3.02. The molecule has 0 unspecified atom stereocenters. The molecule has 2 aromatic heterocycles. The normalized spacial score (nSPS) is 11.6. The van der Waals surface area contributed by atoms with Crippen LogP contribution < -0.4 is 4.83 Å². The first-order valence-corrected chi connectivity index (χ1v) is 11.6. The van der Waals surface area contributed by atoms with Gasteiger partial charge in [-0.2, -0.15) is 18.6 Å². The summed E-state index contributed by atoms with van der Waals surface area (Å²) in [6, 6.07) is 17.1. The number of nitro benzene ring substituents is 1. The summed E-state index contributed by atoms with van der Waals surface area (Å²) in [5, 5.41) is 19.7. The fourth-order valence-electron chi connectivity index (χ4n) is 3.28. The van der Waals surface area contributed by atoms with Crippen LogP contribution >= 0.6 is 0 Å². The Balaban J connectivity index is 1.61. The molecule has 11 heteroatoms. The Morgan fingerprint density at radius 1 is 1.15 bits per heavy atom. The molecule has 4 aromatic rings. The maximum Gasteiger partial charge on any atom is 0.276 e. The Morgan fingerprint density at radius 2 is 1.94 bits per heavy atom. The first-order chi connectivity index (χ1) is 16.3. The third-order valence-electron chi connectivity index (χ3n) is 4.98. The van der Waals surface area contributed by atoms with Gasteiger partial charge in [-0.15, -0.1) is 0 Å². The number of sulfonamides is 1.